The molecule has 0 N–H and O–H groups in total. The molecule has 0 saturated heterocycles. The van der Waals surface area contributed by atoms with Crippen molar-refractivity contribution < 1.29 is 9.53 Å². The Kier molecular flexibility index (Phi) is 8.27. The first-order valence-electron chi connectivity index (χ1n) is 10.7. The molecule has 0 aliphatic heterocycles. The Morgan fingerprint density at radius 2 is 1.68 bits per heavy atom. The molecule has 0 heterocycles. The van der Waals surface area contributed by atoms with Gasteiger partial charge in [0.1, 0.15) is 6.10 Å². The standard InChI is InChI=1S/C22H37NO2/c1-3-5-7-18-8-10-19(11-9-18)21(24)25-20-12-15-22(17-23,16-13-20)14-6-4-2/h18-20H,3-16H2,1-2H3/t18-,19-,20-,22-. The summed E-state index contributed by atoms with van der Waals surface area (Å²) in [5.74, 6) is 0.992. The number of unbranched alkanes of at least 4 members (excludes halogenated alkanes) is 2. The first-order chi connectivity index (χ1) is 12.1. The number of rotatable bonds is 8. The average Bonchev–Trinajstić information content (AvgIpc) is 2.66. The lowest BCUT2D eigenvalue weighted by atomic mass is 9.71. The number of nitrogens with zero attached hydrogens (tertiary/aromatic N) is 1. The van der Waals surface area contributed by atoms with Crippen molar-refractivity contribution in [2.75, 3.05) is 0 Å². The summed E-state index contributed by atoms with van der Waals surface area (Å²) in [7, 11) is 0. The van der Waals surface area contributed by atoms with Crippen molar-refractivity contribution in [3.05, 3.63) is 0 Å². The molecular weight excluding hydrogens is 310 g/mol. The molecule has 0 atom stereocenters. The van der Waals surface area contributed by atoms with Gasteiger partial charge in [-0.05, 0) is 63.7 Å². The lowest BCUT2D eigenvalue weighted by molar-refractivity contribution is -0.158. The van der Waals surface area contributed by atoms with Gasteiger partial charge in [-0.15, -0.1) is 0 Å². The van der Waals surface area contributed by atoms with Gasteiger partial charge in [0.2, 0.25) is 0 Å². The lowest BCUT2D eigenvalue weighted by Gasteiger charge is -2.35. The number of esters is 1. The Hall–Kier alpha value is -1.04. The normalized spacial score (nSPS) is 32.8. The molecule has 2 rings (SSSR count). The summed E-state index contributed by atoms with van der Waals surface area (Å²) in [5, 5.41) is 9.57. The fourth-order valence-electron chi connectivity index (χ4n) is 4.63. The van der Waals surface area contributed by atoms with Gasteiger partial charge < -0.3 is 4.74 Å². The Balaban J connectivity index is 1.71. The molecule has 0 radical (unpaired) electrons. The second-order valence-electron chi connectivity index (χ2n) is 8.49. The maximum atomic E-state index is 12.5. The van der Waals surface area contributed by atoms with Gasteiger partial charge in [-0.2, -0.15) is 5.26 Å². The number of hydrogen-bond donors (Lipinski definition) is 0. The quantitative estimate of drug-likeness (QED) is 0.493. The summed E-state index contributed by atoms with van der Waals surface area (Å²) >= 11 is 0. The van der Waals surface area contributed by atoms with E-state index >= 15 is 0 Å². The minimum Gasteiger partial charge on any atom is -0.462 e. The zero-order chi connectivity index (χ0) is 18.1. The van der Waals surface area contributed by atoms with E-state index in [1.54, 1.807) is 0 Å². The van der Waals surface area contributed by atoms with E-state index in [9.17, 15) is 10.1 Å². The van der Waals surface area contributed by atoms with Crippen LogP contribution in [0.3, 0.4) is 0 Å². The SMILES string of the molecule is CCCC[C@H]1CC[C@H](C(=O)O[C@H]2CC[C@@](C#N)(CCCC)CC2)CC1. The maximum Gasteiger partial charge on any atom is 0.309 e. The zero-order valence-electron chi connectivity index (χ0n) is 16.4. The largest absolute Gasteiger partial charge is 0.462 e. The van der Waals surface area contributed by atoms with Crippen LogP contribution in [0, 0.1) is 28.6 Å². The van der Waals surface area contributed by atoms with Crippen LogP contribution in [0.2, 0.25) is 0 Å². The Bertz CT molecular complexity index is 437. The van der Waals surface area contributed by atoms with E-state index in [1.165, 1.54) is 32.1 Å². The molecule has 3 heteroatoms. The van der Waals surface area contributed by atoms with Crippen LogP contribution in [0.15, 0.2) is 0 Å². The molecule has 2 fully saturated rings. The van der Waals surface area contributed by atoms with Gasteiger partial charge >= 0.3 is 5.97 Å². The highest BCUT2D eigenvalue weighted by Gasteiger charge is 2.37. The topological polar surface area (TPSA) is 50.1 Å². The Morgan fingerprint density at radius 3 is 2.24 bits per heavy atom. The highest BCUT2D eigenvalue weighted by Crippen LogP contribution is 2.41. The summed E-state index contributed by atoms with van der Waals surface area (Å²) in [6.45, 7) is 4.42. The predicted molar refractivity (Wildman–Crippen MR) is 101 cm³/mol. The summed E-state index contributed by atoms with van der Waals surface area (Å²) in [6.07, 6.45) is 15.2. The van der Waals surface area contributed by atoms with Gasteiger partial charge in [0.25, 0.3) is 0 Å². The molecule has 2 aliphatic rings. The second-order valence-corrected chi connectivity index (χ2v) is 8.49. The molecule has 0 aromatic rings. The maximum absolute atomic E-state index is 12.5. The van der Waals surface area contributed by atoms with Crippen LogP contribution in [-0.2, 0) is 9.53 Å². The minimum absolute atomic E-state index is 0.0388. The molecular formula is C22H37NO2. The highest BCUT2D eigenvalue weighted by molar-refractivity contribution is 5.72. The van der Waals surface area contributed by atoms with Crippen LogP contribution in [-0.4, -0.2) is 12.1 Å². The molecule has 3 nitrogen and oxygen atoms in total. The van der Waals surface area contributed by atoms with Gasteiger partial charge in [-0.3, -0.25) is 4.79 Å². The van der Waals surface area contributed by atoms with Crippen molar-refractivity contribution in [3.63, 3.8) is 0 Å². The molecule has 2 saturated carbocycles. The third-order valence-electron chi connectivity index (χ3n) is 6.56. The molecule has 0 aromatic heterocycles. The average molecular weight is 348 g/mol. The van der Waals surface area contributed by atoms with Crippen LogP contribution in [0.25, 0.3) is 0 Å². The number of hydrogen-bond acceptors (Lipinski definition) is 3. The van der Waals surface area contributed by atoms with E-state index in [2.05, 4.69) is 19.9 Å². The zero-order valence-corrected chi connectivity index (χ0v) is 16.4. The molecule has 0 aromatic carbocycles. The molecule has 0 amide bonds. The third kappa shape index (κ3) is 6.01. The van der Waals surface area contributed by atoms with Crippen molar-refractivity contribution in [1.29, 1.82) is 5.26 Å². The smallest absolute Gasteiger partial charge is 0.309 e. The van der Waals surface area contributed by atoms with E-state index < -0.39 is 0 Å². The summed E-state index contributed by atoms with van der Waals surface area (Å²) in [6, 6.07) is 2.57. The second kappa shape index (κ2) is 10.2. The summed E-state index contributed by atoms with van der Waals surface area (Å²) in [4.78, 5) is 12.5. The van der Waals surface area contributed by atoms with Crippen LogP contribution in [0.5, 0.6) is 0 Å². The third-order valence-corrected chi connectivity index (χ3v) is 6.56. The number of nitriles is 1. The van der Waals surface area contributed by atoms with Crippen LogP contribution < -0.4 is 0 Å². The van der Waals surface area contributed by atoms with Gasteiger partial charge in [-0.1, -0.05) is 46.0 Å². The van der Waals surface area contributed by atoms with E-state index in [1.807, 2.05) is 0 Å². The number of ether oxygens (including phenoxy) is 1. The van der Waals surface area contributed by atoms with Crippen LogP contribution >= 0.6 is 0 Å². The van der Waals surface area contributed by atoms with E-state index in [0.717, 1.165) is 63.7 Å². The molecule has 0 unspecified atom stereocenters. The van der Waals surface area contributed by atoms with Crippen molar-refractivity contribution in [1.82, 2.24) is 0 Å². The predicted octanol–water partition coefficient (Wildman–Crippen LogP) is 6.17. The number of carbonyl (C=O) groups excluding carboxylic acids is 1. The van der Waals surface area contributed by atoms with E-state index in [-0.39, 0.29) is 23.4 Å². The summed E-state index contributed by atoms with van der Waals surface area (Å²) in [5.41, 5.74) is -0.156. The summed E-state index contributed by atoms with van der Waals surface area (Å²) < 4.78 is 5.84. The van der Waals surface area contributed by atoms with E-state index in [0.29, 0.717) is 0 Å². The Morgan fingerprint density at radius 1 is 1.04 bits per heavy atom. The fourth-order valence-corrected chi connectivity index (χ4v) is 4.63. The molecule has 0 spiro atoms. The molecule has 0 bridgehead atoms. The first kappa shape index (κ1) is 20.3. The van der Waals surface area contributed by atoms with Crippen molar-refractivity contribution in [2.45, 2.75) is 110 Å². The van der Waals surface area contributed by atoms with Crippen LogP contribution in [0.1, 0.15) is 104 Å². The fraction of sp³-hybridized carbons (Fsp3) is 0.909. The lowest BCUT2D eigenvalue weighted by Crippen LogP contribution is -2.33. The minimum atomic E-state index is -0.156. The molecule has 142 valence electrons. The van der Waals surface area contributed by atoms with Gasteiger partial charge in [0, 0.05) is 0 Å². The van der Waals surface area contributed by atoms with Gasteiger partial charge in [0.05, 0.1) is 17.4 Å². The van der Waals surface area contributed by atoms with Crippen LogP contribution in [0.4, 0.5) is 0 Å². The van der Waals surface area contributed by atoms with Gasteiger partial charge in [-0.25, -0.2) is 0 Å². The Labute approximate surface area is 154 Å². The van der Waals surface area contributed by atoms with Gasteiger partial charge in [0.15, 0.2) is 0 Å². The van der Waals surface area contributed by atoms with Crippen molar-refractivity contribution in [3.8, 4) is 6.07 Å². The first-order valence-corrected chi connectivity index (χ1v) is 10.7. The highest BCUT2D eigenvalue weighted by atomic mass is 16.5. The number of carbonyl (C=O) groups is 1. The van der Waals surface area contributed by atoms with Crippen molar-refractivity contribution >= 4 is 5.97 Å². The monoisotopic (exact) mass is 347 g/mol. The van der Waals surface area contributed by atoms with Crippen molar-refractivity contribution in [2.24, 2.45) is 17.3 Å². The van der Waals surface area contributed by atoms with E-state index in [4.69, 9.17) is 4.74 Å². The molecule has 2 aliphatic carbocycles. The molecule has 25 heavy (non-hydrogen) atoms.